The van der Waals surface area contributed by atoms with Gasteiger partial charge in [-0.1, -0.05) is 6.07 Å². The molecule has 2 aromatic rings. The molecule has 0 saturated carbocycles. The molecule has 5 heteroatoms. The summed E-state index contributed by atoms with van der Waals surface area (Å²) in [6.07, 6.45) is 0.171. The highest BCUT2D eigenvalue weighted by Gasteiger charge is 2.15. The summed E-state index contributed by atoms with van der Waals surface area (Å²) >= 11 is 0. The van der Waals surface area contributed by atoms with Crippen LogP contribution in [0, 0.1) is 13.8 Å². The van der Waals surface area contributed by atoms with Crippen LogP contribution in [0.3, 0.4) is 0 Å². The minimum absolute atomic E-state index is 0.0402. The van der Waals surface area contributed by atoms with E-state index >= 15 is 0 Å². The van der Waals surface area contributed by atoms with Crippen molar-refractivity contribution in [1.82, 2.24) is 4.90 Å². The van der Waals surface area contributed by atoms with E-state index in [1.165, 1.54) is 6.92 Å². The summed E-state index contributed by atoms with van der Waals surface area (Å²) in [6, 6.07) is 11.2. The molecule has 0 N–H and O–H groups in total. The van der Waals surface area contributed by atoms with Gasteiger partial charge in [0.25, 0.3) is 0 Å². The molecule has 1 amide bonds. The van der Waals surface area contributed by atoms with Gasteiger partial charge in [0.1, 0.15) is 18.1 Å². The van der Waals surface area contributed by atoms with Crippen molar-refractivity contribution in [3.63, 3.8) is 0 Å². The number of hydrogen-bond acceptors (Lipinski definition) is 4. The number of aryl methyl sites for hydroxylation is 2. The standard InChI is InChI=1S/C22H27NO4/c1-15-10-16(2)12-20(11-15)27-9-8-23(4)22(25)14-19-13-18(17(3)24)6-7-21(19)26-5/h6-7,10-13H,8-9,14H2,1-5H3. The number of rotatable bonds is 8. The van der Waals surface area contributed by atoms with Gasteiger partial charge in [0.2, 0.25) is 5.91 Å². The van der Waals surface area contributed by atoms with Crippen LogP contribution in [0.25, 0.3) is 0 Å². The molecule has 0 saturated heterocycles. The Kier molecular flexibility index (Phi) is 6.99. The quantitative estimate of drug-likeness (QED) is 0.667. The van der Waals surface area contributed by atoms with E-state index in [4.69, 9.17) is 9.47 Å². The largest absolute Gasteiger partial charge is 0.496 e. The number of methoxy groups -OCH3 is 1. The van der Waals surface area contributed by atoms with Crippen molar-refractivity contribution in [3.05, 3.63) is 58.7 Å². The van der Waals surface area contributed by atoms with Crippen molar-refractivity contribution in [2.45, 2.75) is 27.2 Å². The average Bonchev–Trinajstić information content (AvgIpc) is 2.60. The van der Waals surface area contributed by atoms with Gasteiger partial charge in [-0.15, -0.1) is 0 Å². The van der Waals surface area contributed by atoms with Crippen LogP contribution >= 0.6 is 0 Å². The topological polar surface area (TPSA) is 55.8 Å². The lowest BCUT2D eigenvalue weighted by atomic mass is 10.0. The molecule has 27 heavy (non-hydrogen) atoms. The highest BCUT2D eigenvalue weighted by atomic mass is 16.5. The maximum absolute atomic E-state index is 12.5. The van der Waals surface area contributed by atoms with E-state index in [0.29, 0.717) is 30.0 Å². The molecule has 2 rings (SSSR count). The fraction of sp³-hybridized carbons (Fsp3) is 0.364. The van der Waals surface area contributed by atoms with E-state index in [0.717, 1.165) is 16.9 Å². The first kappa shape index (κ1) is 20.5. The molecule has 0 unspecified atom stereocenters. The molecule has 0 bridgehead atoms. The van der Waals surface area contributed by atoms with Gasteiger partial charge in [-0.05, 0) is 62.2 Å². The molecular formula is C22H27NO4. The van der Waals surface area contributed by atoms with Crippen molar-refractivity contribution in [1.29, 1.82) is 0 Å². The van der Waals surface area contributed by atoms with Gasteiger partial charge >= 0.3 is 0 Å². The zero-order chi connectivity index (χ0) is 20.0. The number of likely N-dealkylation sites (N-methyl/N-ethyl adjacent to an activating group) is 1. The van der Waals surface area contributed by atoms with Gasteiger partial charge in [-0.3, -0.25) is 9.59 Å². The van der Waals surface area contributed by atoms with Crippen LogP contribution in [0.2, 0.25) is 0 Å². The fourth-order valence-electron chi connectivity index (χ4n) is 2.87. The highest BCUT2D eigenvalue weighted by Crippen LogP contribution is 2.21. The third kappa shape index (κ3) is 5.84. The number of carbonyl (C=O) groups is 2. The lowest BCUT2D eigenvalue weighted by Gasteiger charge is -2.19. The Bertz CT molecular complexity index is 809. The van der Waals surface area contributed by atoms with Crippen molar-refractivity contribution < 1.29 is 19.1 Å². The van der Waals surface area contributed by atoms with E-state index in [2.05, 4.69) is 6.07 Å². The van der Waals surface area contributed by atoms with E-state index < -0.39 is 0 Å². The number of amides is 1. The first-order valence-electron chi connectivity index (χ1n) is 8.93. The second-order valence-corrected chi connectivity index (χ2v) is 6.75. The fourth-order valence-corrected chi connectivity index (χ4v) is 2.87. The van der Waals surface area contributed by atoms with Crippen LogP contribution in [0.4, 0.5) is 0 Å². The predicted molar refractivity (Wildman–Crippen MR) is 106 cm³/mol. The summed E-state index contributed by atoms with van der Waals surface area (Å²) in [7, 11) is 3.30. The molecule has 0 aromatic heterocycles. The second-order valence-electron chi connectivity index (χ2n) is 6.75. The Balaban J connectivity index is 1.95. The van der Waals surface area contributed by atoms with E-state index in [1.807, 2.05) is 26.0 Å². The monoisotopic (exact) mass is 369 g/mol. The molecule has 144 valence electrons. The van der Waals surface area contributed by atoms with Gasteiger partial charge in [-0.2, -0.15) is 0 Å². The van der Waals surface area contributed by atoms with Crippen LogP contribution in [0.5, 0.6) is 11.5 Å². The van der Waals surface area contributed by atoms with Crippen LogP contribution in [0.1, 0.15) is 34.0 Å². The maximum Gasteiger partial charge on any atom is 0.226 e. The Morgan fingerprint density at radius 2 is 1.70 bits per heavy atom. The predicted octanol–water partition coefficient (Wildman–Crippen LogP) is 3.59. The second kappa shape index (κ2) is 9.21. The number of nitrogens with zero attached hydrogens (tertiary/aromatic N) is 1. The lowest BCUT2D eigenvalue weighted by Crippen LogP contribution is -2.32. The normalized spacial score (nSPS) is 10.4. The first-order valence-corrected chi connectivity index (χ1v) is 8.93. The highest BCUT2D eigenvalue weighted by molar-refractivity contribution is 5.94. The SMILES string of the molecule is COc1ccc(C(C)=O)cc1CC(=O)N(C)CCOc1cc(C)cc(C)c1. The summed E-state index contributed by atoms with van der Waals surface area (Å²) < 4.78 is 11.1. The van der Waals surface area contributed by atoms with Crippen molar-refractivity contribution in [2.24, 2.45) is 0 Å². The molecule has 0 atom stereocenters. The van der Waals surface area contributed by atoms with Gasteiger partial charge in [0, 0.05) is 18.2 Å². The molecule has 0 aliphatic carbocycles. The molecule has 5 nitrogen and oxygen atoms in total. The minimum atomic E-state index is -0.0574. The number of benzene rings is 2. The van der Waals surface area contributed by atoms with Gasteiger partial charge in [0.05, 0.1) is 20.1 Å². The summed E-state index contributed by atoms with van der Waals surface area (Å²) in [5.74, 6) is 1.32. The zero-order valence-electron chi connectivity index (χ0n) is 16.7. The molecular weight excluding hydrogens is 342 g/mol. The number of ether oxygens (including phenoxy) is 2. The van der Waals surface area contributed by atoms with Gasteiger partial charge in [0.15, 0.2) is 5.78 Å². The molecule has 0 radical (unpaired) electrons. The van der Waals surface area contributed by atoms with Crippen LogP contribution in [-0.4, -0.2) is 43.9 Å². The molecule has 0 aliphatic heterocycles. The first-order chi connectivity index (χ1) is 12.8. The average molecular weight is 369 g/mol. The van der Waals surface area contributed by atoms with Gasteiger partial charge in [-0.25, -0.2) is 0 Å². The third-order valence-corrected chi connectivity index (χ3v) is 4.34. The third-order valence-electron chi connectivity index (χ3n) is 4.34. The maximum atomic E-state index is 12.5. The van der Waals surface area contributed by atoms with Crippen molar-refractivity contribution >= 4 is 11.7 Å². The molecule has 0 heterocycles. The van der Waals surface area contributed by atoms with Crippen LogP contribution < -0.4 is 9.47 Å². The lowest BCUT2D eigenvalue weighted by molar-refractivity contribution is -0.129. The molecule has 0 fully saturated rings. The van der Waals surface area contributed by atoms with Gasteiger partial charge < -0.3 is 14.4 Å². The minimum Gasteiger partial charge on any atom is -0.496 e. The molecule has 2 aromatic carbocycles. The van der Waals surface area contributed by atoms with Crippen LogP contribution in [0.15, 0.2) is 36.4 Å². The Labute approximate surface area is 160 Å². The zero-order valence-corrected chi connectivity index (χ0v) is 16.7. The van der Waals surface area contributed by atoms with Crippen molar-refractivity contribution in [3.8, 4) is 11.5 Å². The summed E-state index contributed by atoms with van der Waals surface area (Å²) in [5.41, 5.74) is 3.57. The van der Waals surface area contributed by atoms with Crippen molar-refractivity contribution in [2.75, 3.05) is 27.3 Å². The molecule has 0 spiro atoms. The summed E-state index contributed by atoms with van der Waals surface area (Å²) in [5, 5.41) is 0. The number of ketones is 1. The van der Waals surface area contributed by atoms with E-state index in [9.17, 15) is 9.59 Å². The van der Waals surface area contributed by atoms with Crippen LogP contribution in [-0.2, 0) is 11.2 Å². The number of Topliss-reactive ketones (excluding diaryl/α,β-unsaturated/α-hetero) is 1. The Hall–Kier alpha value is -2.82. The Morgan fingerprint density at radius 3 is 2.30 bits per heavy atom. The summed E-state index contributed by atoms with van der Waals surface area (Å²) in [4.78, 5) is 25.8. The number of hydrogen-bond donors (Lipinski definition) is 0. The smallest absolute Gasteiger partial charge is 0.226 e. The summed E-state index contributed by atoms with van der Waals surface area (Å²) in [6.45, 7) is 6.44. The number of carbonyl (C=O) groups excluding carboxylic acids is 2. The molecule has 0 aliphatic rings. The van der Waals surface area contributed by atoms with E-state index in [-0.39, 0.29) is 18.1 Å². The Morgan fingerprint density at radius 1 is 1.04 bits per heavy atom. The van der Waals surface area contributed by atoms with E-state index in [1.54, 1.807) is 37.3 Å².